The molecule has 2 N–H and O–H groups in total. The third kappa shape index (κ3) is 0.356. The lowest BCUT2D eigenvalue weighted by atomic mass is 9.12. The first-order chi connectivity index (χ1) is 6.24. The van der Waals surface area contributed by atoms with Gasteiger partial charge in [0.1, 0.15) is 0 Å². The zero-order valence-corrected chi connectivity index (χ0v) is 7.57. The second-order valence-electron chi connectivity index (χ2n) is 5.14. The van der Waals surface area contributed by atoms with Crippen LogP contribution in [0.1, 0.15) is 6.42 Å². The second-order valence-corrected chi connectivity index (χ2v) is 5.14. The minimum Gasteiger partial charge on any atom is -0.469 e. The van der Waals surface area contributed by atoms with E-state index in [1.807, 2.05) is 0 Å². The molecule has 3 nitrogen and oxygen atoms in total. The zero-order valence-electron chi connectivity index (χ0n) is 7.57. The van der Waals surface area contributed by atoms with Gasteiger partial charge in [0, 0.05) is 6.04 Å². The van der Waals surface area contributed by atoms with Crippen LogP contribution in [-0.2, 0) is 9.53 Å². The van der Waals surface area contributed by atoms with E-state index in [2.05, 4.69) is 0 Å². The highest BCUT2D eigenvalue weighted by Crippen LogP contribution is 2.90. The molecule has 4 aliphatic rings. The van der Waals surface area contributed by atoms with E-state index in [1.54, 1.807) is 0 Å². The molecule has 0 bridgehead atoms. The van der Waals surface area contributed by atoms with E-state index in [0.29, 0.717) is 23.8 Å². The van der Waals surface area contributed by atoms with Gasteiger partial charge < -0.3 is 10.5 Å². The maximum atomic E-state index is 11.7. The molecule has 4 rings (SSSR count). The Labute approximate surface area is 76.6 Å². The normalized spacial score (nSPS) is 69.1. The van der Waals surface area contributed by atoms with E-state index in [0.717, 1.165) is 11.8 Å². The largest absolute Gasteiger partial charge is 0.469 e. The summed E-state index contributed by atoms with van der Waals surface area (Å²) in [4.78, 5) is 11.7. The maximum absolute atomic E-state index is 11.7. The Morgan fingerprint density at radius 2 is 2.00 bits per heavy atom. The van der Waals surface area contributed by atoms with Crippen molar-refractivity contribution < 1.29 is 9.53 Å². The molecule has 4 saturated carbocycles. The Hall–Kier alpha value is -0.570. The summed E-state index contributed by atoms with van der Waals surface area (Å²) in [6.45, 7) is 0. The summed E-state index contributed by atoms with van der Waals surface area (Å²) < 4.78 is 4.90. The van der Waals surface area contributed by atoms with Crippen molar-refractivity contribution in [3.63, 3.8) is 0 Å². The highest BCUT2D eigenvalue weighted by atomic mass is 16.5. The first-order valence-corrected chi connectivity index (χ1v) is 5.08. The van der Waals surface area contributed by atoms with E-state index < -0.39 is 0 Å². The first kappa shape index (κ1) is 6.82. The highest BCUT2D eigenvalue weighted by Gasteiger charge is 2.93. The molecule has 4 aliphatic carbocycles. The summed E-state index contributed by atoms with van der Waals surface area (Å²) in [6, 6.07) is 0.313. The van der Waals surface area contributed by atoms with Crippen LogP contribution in [0, 0.1) is 35.0 Å². The molecular weight excluding hydrogens is 166 g/mol. The SMILES string of the molecule is COC(=O)C12C3C(N)C1C1CC3C12. The Morgan fingerprint density at radius 3 is 2.46 bits per heavy atom. The minimum absolute atomic E-state index is 0.0291. The van der Waals surface area contributed by atoms with Gasteiger partial charge in [0.15, 0.2) is 0 Å². The summed E-state index contributed by atoms with van der Waals surface area (Å²) in [6.07, 6.45) is 1.34. The van der Waals surface area contributed by atoms with Crippen LogP contribution in [-0.4, -0.2) is 19.1 Å². The molecule has 0 spiro atoms. The van der Waals surface area contributed by atoms with Crippen molar-refractivity contribution >= 4 is 5.97 Å². The quantitative estimate of drug-likeness (QED) is 0.576. The molecule has 4 fully saturated rings. The van der Waals surface area contributed by atoms with Crippen LogP contribution in [0.25, 0.3) is 0 Å². The molecular formula is C10H13NO2. The standard InChI is InChI=1S/C10H13NO2/c1-13-9(12)10-5-3-2-4(5)7(10)8(11)6(3)10/h3-8H,2,11H2,1H3. The van der Waals surface area contributed by atoms with Crippen LogP contribution < -0.4 is 5.73 Å². The van der Waals surface area contributed by atoms with E-state index in [1.165, 1.54) is 13.5 Å². The molecule has 0 saturated heterocycles. The van der Waals surface area contributed by atoms with Crippen molar-refractivity contribution in [1.29, 1.82) is 0 Å². The summed E-state index contributed by atoms with van der Waals surface area (Å²) in [5, 5.41) is 0. The van der Waals surface area contributed by atoms with E-state index in [4.69, 9.17) is 10.5 Å². The van der Waals surface area contributed by atoms with E-state index in [9.17, 15) is 4.79 Å². The van der Waals surface area contributed by atoms with E-state index >= 15 is 0 Å². The third-order valence-corrected chi connectivity index (χ3v) is 5.41. The Bertz CT molecular complexity index is 305. The number of rotatable bonds is 1. The van der Waals surface area contributed by atoms with Crippen LogP contribution >= 0.6 is 0 Å². The average molecular weight is 179 g/mol. The molecule has 0 aliphatic heterocycles. The molecule has 0 aromatic rings. The van der Waals surface area contributed by atoms with Gasteiger partial charge >= 0.3 is 5.97 Å². The molecule has 13 heavy (non-hydrogen) atoms. The second kappa shape index (κ2) is 1.54. The Balaban J connectivity index is 1.77. The van der Waals surface area contributed by atoms with Gasteiger partial charge in [-0.15, -0.1) is 0 Å². The predicted octanol–water partition coefficient (Wildman–Crippen LogP) is -0.00140. The van der Waals surface area contributed by atoms with Crippen molar-refractivity contribution in [3.8, 4) is 0 Å². The number of hydrogen-bond donors (Lipinski definition) is 1. The van der Waals surface area contributed by atoms with Gasteiger partial charge in [-0.2, -0.15) is 0 Å². The smallest absolute Gasteiger partial charge is 0.312 e. The molecule has 3 heteroatoms. The predicted molar refractivity (Wildman–Crippen MR) is 44.5 cm³/mol. The van der Waals surface area contributed by atoms with Gasteiger partial charge in [0.2, 0.25) is 0 Å². The fraction of sp³-hybridized carbons (Fsp3) is 0.900. The van der Waals surface area contributed by atoms with Crippen LogP contribution in [0.2, 0.25) is 0 Å². The molecule has 0 heterocycles. The van der Waals surface area contributed by atoms with Gasteiger partial charge in [0.05, 0.1) is 12.5 Å². The topological polar surface area (TPSA) is 52.3 Å². The molecule has 0 aromatic heterocycles. The first-order valence-electron chi connectivity index (χ1n) is 5.08. The molecule has 4 unspecified atom stereocenters. The van der Waals surface area contributed by atoms with Crippen molar-refractivity contribution in [1.82, 2.24) is 0 Å². The lowest BCUT2D eigenvalue weighted by Crippen LogP contribution is -2.96. The van der Waals surface area contributed by atoms with Crippen LogP contribution in [0.5, 0.6) is 0 Å². The highest BCUT2D eigenvalue weighted by molar-refractivity contribution is 5.85. The number of carbonyl (C=O) groups excluding carboxylic acids is 1. The maximum Gasteiger partial charge on any atom is 0.312 e. The van der Waals surface area contributed by atoms with Gasteiger partial charge in [-0.05, 0) is 36.0 Å². The summed E-state index contributed by atoms with van der Waals surface area (Å²) >= 11 is 0. The van der Waals surface area contributed by atoms with Gasteiger partial charge in [-0.1, -0.05) is 0 Å². The minimum atomic E-state index is -0.0677. The lowest BCUT2D eigenvalue weighted by molar-refractivity contribution is -0.431. The summed E-state index contributed by atoms with van der Waals surface area (Å²) in [5.41, 5.74) is 5.97. The van der Waals surface area contributed by atoms with Gasteiger partial charge in [-0.25, -0.2) is 0 Å². The van der Waals surface area contributed by atoms with Crippen LogP contribution in [0.3, 0.4) is 0 Å². The third-order valence-electron chi connectivity index (χ3n) is 5.41. The van der Waals surface area contributed by atoms with Gasteiger partial charge in [0.25, 0.3) is 0 Å². The van der Waals surface area contributed by atoms with Crippen molar-refractivity contribution in [3.05, 3.63) is 0 Å². The number of nitrogens with two attached hydrogens (primary N) is 1. The number of hydrogen-bond acceptors (Lipinski definition) is 3. The molecule has 70 valence electrons. The lowest BCUT2D eigenvalue weighted by Gasteiger charge is -2.91. The van der Waals surface area contributed by atoms with Crippen LogP contribution in [0.15, 0.2) is 0 Å². The van der Waals surface area contributed by atoms with Crippen molar-refractivity contribution in [2.24, 2.45) is 40.7 Å². The summed E-state index contributed by atoms with van der Waals surface area (Å²) in [7, 11) is 1.50. The number of ether oxygens (including phenoxy) is 1. The van der Waals surface area contributed by atoms with Crippen LogP contribution in [0.4, 0.5) is 0 Å². The molecule has 0 radical (unpaired) electrons. The molecule has 0 amide bonds. The number of esters is 1. The number of carbonyl (C=O) groups is 1. The summed E-state index contributed by atoms with van der Waals surface area (Å²) in [5.74, 6) is 3.24. The number of fused-ring (bicyclic) bond motifs is 2. The monoisotopic (exact) mass is 179 g/mol. The fourth-order valence-electron chi connectivity index (χ4n) is 5.21. The van der Waals surface area contributed by atoms with Crippen molar-refractivity contribution in [2.45, 2.75) is 12.5 Å². The molecule has 0 aromatic carbocycles. The average Bonchev–Trinajstić information content (AvgIpc) is 2.14. The molecule has 4 atom stereocenters. The Morgan fingerprint density at radius 1 is 1.38 bits per heavy atom. The zero-order chi connectivity index (χ0) is 8.96. The Kier molecular flexibility index (Phi) is 0.807. The van der Waals surface area contributed by atoms with E-state index in [-0.39, 0.29) is 11.4 Å². The van der Waals surface area contributed by atoms with Gasteiger partial charge in [-0.3, -0.25) is 4.79 Å². The van der Waals surface area contributed by atoms with Crippen molar-refractivity contribution in [2.75, 3.05) is 7.11 Å². The fourth-order valence-corrected chi connectivity index (χ4v) is 5.21. The number of methoxy groups -OCH3 is 1.